The Labute approximate surface area is 102 Å². The number of aliphatic hydroxyl groups excluding tert-OH is 1. The molecule has 0 aromatic carbocycles. The monoisotopic (exact) mass is 268 g/mol. The van der Waals surface area contributed by atoms with Crippen LogP contribution >= 0.6 is 11.3 Å². The summed E-state index contributed by atoms with van der Waals surface area (Å²) < 4.78 is 37.6. The average molecular weight is 268 g/mol. The third-order valence-corrected chi connectivity index (χ3v) is 3.21. The van der Waals surface area contributed by atoms with Gasteiger partial charge in [-0.2, -0.15) is 13.2 Å². The van der Waals surface area contributed by atoms with E-state index in [4.69, 9.17) is 5.11 Å². The van der Waals surface area contributed by atoms with Crippen molar-refractivity contribution in [1.29, 1.82) is 0 Å². The Kier molecular flexibility index (Phi) is 4.91. The van der Waals surface area contributed by atoms with Crippen LogP contribution in [-0.4, -0.2) is 23.2 Å². The summed E-state index contributed by atoms with van der Waals surface area (Å²) in [5.74, 6) is -0.0479. The normalized spacial score (nSPS) is 12.4. The molecule has 0 saturated heterocycles. The van der Waals surface area contributed by atoms with Crippen molar-refractivity contribution >= 4 is 11.3 Å². The number of halogens is 3. The van der Waals surface area contributed by atoms with E-state index in [1.165, 1.54) is 0 Å². The van der Waals surface area contributed by atoms with Gasteiger partial charge >= 0.3 is 6.18 Å². The highest BCUT2D eigenvalue weighted by Gasteiger charge is 2.36. The molecule has 0 bridgehead atoms. The first-order valence-electron chi connectivity index (χ1n) is 5.24. The number of rotatable bonds is 5. The van der Waals surface area contributed by atoms with E-state index in [9.17, 15) is 13.2 Å². The van der Waals surface area contributed by atoms with E-state index in [-0.39, 0.29) is 12.5 Å². The molecule has 0 spiro atoms. The lowest BCUT2D eigenvalue weighted by molar-refractivity contribution is -0.137. The van der Waals surface area contributed by atoms with Crippen LogP contribution in [0.5, 0.6) is 0 Å². The summed E-state index contributed by atoms with van der Waals surface area (Å²) in [5, 5.41) is 10.7. The number of aliphatic hydroxyl groups is 1. The number of hydrogen-bond donors (Lipinski definition) is 2. The van der Waals surface area contributed by atoms with Gasteiger partial charge in [-0.05, 0) is 5.92 Å². The maximum absolute atomic E-state index is 12.5. The summed E-state index contributed by atoms with van der Waals surface area (Å²) in [4.78, 5) is 4.23. The Bertz CT molecular complexity index is 363. The van der Waals surface area contributed by atoms with Crippen molar-refractivity contribution < 1.29 is 18.3 Å². The molecule has 1 rings (SSSR count). The van der Waals surface area contributed by atoms with Gasteiger partial charge in [0.1, 0.15) is 0 Å². The largest absolute Gasteiger partial charge is 0.443 e. The molecule has 1 heterocycles. The van der Waals surface area contributed by atoms with Crippen LogP contribution in [0.15, 0.2) is 0 Å². The van der Waals surface area contributed by atoms with Gasteiger partial charge in [0, 0.05) is 18.0 Å². The Morgan fingerprint density at radius 1 is 1.41 bits per heavy atom. The van der Waals surface area contributed by atoms with Gasteiger partial charge in [0.25, 0.3) is 0 Å². The summed E-state index contributed by atoms with van der Waals surface area (Å²) in [6.45, 7) is 4.25. The molecule has 0 atom stereocenters. The third-order valence-electron chi connectivity index (χ3n) is 2.09. The van der Waals surface area contributed by atoms with Crippen LogP contribution in [0.1, 0.15) is 35.3 Å². The van der Waals surface area contributed by atoms with Crippen molar-refractivity contribution in [2.75, 3.05) is 13.2 Å². The number of alkyl halides is 3. The Morgan fingerprint density at radius 2 is 2.06 bits per heavy atom. The number of nitrogens with one attached hydrogen (secondary N) is 1. The van der Waals surface area contributed by atoms with Crippen LogP contribution < -0.4 is 5.32 Å². The van der Waals surface area contributed by atoms with Crippen molar-refractivity contribution in [3.05, 3.63) is 15.6 Å². The Morgan fingerprint density at radius 3 is 2.53 bits per heavy atom. The SMILES string of the molecule is CC(C)c1nc(C(F)(F)F)sc1CNCCO. The summed E-state index contributed by atoms with van der Waals surface area (Å²) in [6, 6.07) is 0. The number of thiazole rings is 1. The fourth-order valence-electron chi connectivity index (χ4n) is 1.34. The van der Waals surface area contributed by atoms with Gasteiger partial charge in [-0.1, -0.05) is 13.8 Å². The van der Waals surface area contributed by atoms with Crippen molar-refractivity contribution in [1.82, 2.24) is 10.3 Å². The Balaban J connectivity index is 2.90. The lowest BCUT2D eigenvalue weighted by Crippen LogP contribution is -2.17. The molecule has 0 radical (unpaired) electrons. The number of hydrogen-bond acceptors (Lipinski definition) is 4. The average Bonchev–Trinajstić information content (AvgIpc) is 2.61. The summed E-state index contributed by atoms with van der Waals surface area (Å²) in [6.07, 6.45) is -4.39. The molecule has 98 valence electrons. The molecule has 0 aliphatic carbocycles. The molecule has 17 heavy (non-hydrogen) atoms. The molecule has 2 N–H and O–H groups in total. The quantitative estimate of drug-likeness (QED) is 0.806. The second-order valence-corrected chi connectivity index (χ2v) is 4.96. The van der Waals surface area contributed by atoms with Gasteiger partial charge < -0.3 is 10.4 Å². The lowest BCUT2D eigenvalue weighted by Gasteiger charge is -2.05. The molecular formula is C10H15F3N2OS. The first-order valence-corrected chi connectivity index (χ1v) is 6.06. The van der Waals surface area contributed by atoms with Crippen LogP contribution in [0.25, 0.3) is 0 Å². The Hall–Kier alpha value is -0.660. The molecule has 0 unspecified atom stereocenters. The van der Waals surface area contributed by atoms with Gasteiger partial charge in [-0.25, -0.2) is 4.98 Å². The van der Waals surface area contributed by atoms with E-state index >= 15 is 0 Å². The highest BCUT2D eigenvalue weighted by atomic mass is 32.1. The minimum atomic E-state index is -4.39. The van der Waals surface area contributed by atoms with Crippen molar-refractivity contribution in [2.24, 2.45) is 0 Å². The van der Waals surface area contributed by atoms with E-state index in [1.54, 1.807) is 0 Å². The third kappa shape index (κ3) is 3.93. The molecule has 0 saturated carbocycles. The summed E-state index contributed by atoms with van der Waals surface area (Å²) >= 11 is 0.665. The zero-order chi connectivity index (χ0) is 13.1. The predicted octanol–water partition coefficient (Wildman–Crippen LogP) is 2.37. The molecular weight excluding hydrogens is 253 g/mol. The molecule has 1 aromatic rings. The van der Waals surface area contributed by atoms with Crippen molar-refractivity contribution in [2.45, 2.75) is 32.5 Å². The molecule has 1 aromatic heterocycles. The van der Waals surface area contributed by atoms with Gasteiger partial charge in [0.05, 0.1) is 12.3 Å². The maximum atomic E-state index is 12.5. The highest BCUT2D eigenvalue weighted by molar-refractivity contribution is 7.11. The van der Waals surface area contributed by atoms with Gasteiger partial charge in [0.15, 0.2) is 5.01 Å². The molecule has 0 fully saturated rings. The van der Waals surface area contributed by atoms with Gasteiger partial charge in [-0.15, -0.1) is 11.3 Å². The van der Waals surface area contributed by atoms with Crippen molar-refractivity contribution in [3.8, 4) is 0 Å². The maximum Gasteiger partial charge on any atom is 0.443 e. The van der Waals surface area contributed by atoms with Crippen LogP contribution in [0.3, 0.4) is 0 Å². The molecule has 7 heteroatoms. The molecule has 0 amide bonds. The standard InChI is InChI=1S/C10H15F3N2OS/c1-6(2)8-7(5-14-3-4-16)17-9(15-8)10(11,12)13/h6,14,16H,3-5H2,1-2H3. The number of aromatic nitrogens is 1. The van der Waals surface area contributed by atoms with E-state index in [2.05, 4.69) is 10.3 Å². The number of nitrogens with zero attached hydrogens (tertiary/aromatic N) is 1. The van der Waals surface area contributed by atoms with Gasteiger partial charge in [-0.3, -0.25) is 0 Å². The fraction of sp³-hybridized carbons (Fsp3) is 0.700. The second-order valence-electron chi connectivity index (χ2n) is 3.88. The highest BCUT2D eigenvalue weighted by Crippen LogP contribution is 2.36. The zero-order valence-corrected chi connectivity index (χ0v) is 10.5. The zero-order valence-electron chi connectivity index (χ0n) is 9.64. The first-order chi connectivity index (χ1) is 7.86. The van der Waals surface area contributed by atoms with E-state index in [0.717, 1.165) is 0 Å². The lowest BCUT2D eigenvalue weighted by atomic mass is 10.1. The van der Waals surface area contributed by atoms with Crippen LogP contribution in [0.2, 0.25) is 0 Å². The fourth-order valence-corrected chi connectivity index (χ4v) is 2.40. The predicted molar refractivity (Wildman–Crippen MR) is 60.0 cm³/mol. The van der Waals surface area contributed by atoms with E-state index in [0.29, 0.717) is 35.0 Å². The van der Waals surface area contributed by atoms with Crippen molar-refractivity contribution in [3.63, 3.8) is 0 Å². The van der Waals surface area contributed by atoms with E-state index < -0.39 is 11.2 Å². The first kappa shape index (κ1) is 14.4. The second kappa shape index (κ2) is 5.79. The minimum Gasteiger partial charge on any atom is -0.395 e. The molecule has 0 aliphatic rings. The topological polar surface area (TPSA) is 45.2 Å². The summed E-state index contributed by atoms with van der Waals surface area (Å²) in [7, 11) is 0. The van der Waals surface area contributed by atoms with Crippen LogP contribution in [-0.2, 0) is 12.7 Å². The smallest absolute Gasteiger partial charge is 0.395 e. The summed E-state index contributed by atoms with van der Waals surface area (Å²) in [5.41, 5.74) is 0.479. The van der Waals surface area contributed by atoms with Gasteiger partial charge in [0.2, 0.25) is 0 Å². The minimum absolute atomic E-state index is 0.0397. The van der Waals surface area contributed by atoms with Crippen LogP contribution in [0, 0.1) is 0 Å². The molecule has 3 nitrogen and oxygen atoms in total. The van der Waals surface area contributed by atoms with E-state index in [1.807, 2.05) is 13.8 Å². The van der Waals surface area contributed by atoms with Crippen LogP contribution in [0.4, 0.5) is 13.2 Å². The molecule has 0 aliphatic heterocycles.